The van der Waals surface area contributed by atoms with Gasteiger partial charge in [0.2, 0.25) is 5.91 Å². The number of aromatic nitrogens is 2. The topological polar surface area (TPSA) is 141 Å². The van der Waals surface area contributed by atoms with Crippen molar-refractivity contribution >= 4 is 18.3 Å². The normalized spacial score (nSPS) is 17.3. The number of benzene rings is 1. The maximum atomic E-state index is 13.0. The van der Waals surface area contributed by atoms with Gasteiger partial charge < -0.3 is 30.0 Å². The van der Waals surface area contributed by atoms with E-state index in [0.29, 0.717) is 23.6 Å². The Morgan fingerprint density at radius 1 is 1.33 bits per heavy atom. The van der Waals surface area contributed by atoms with E-state index < -0.39 is 12.1 Å². The fourth-order valence-electron chi connectivity index (χ4n) is 3.66. The monoisotopic (exact) mass is 462 g/mol. The Kier molecular flexibility index (Phi) is 9.22. The molecule has 11 nitrogen and oxygen atoms in total. The lowest BCUT2D eigenvalue weighted by Crippen LogP contribution is -2.52. The van der Waals surface area contributed by atoms with Crippen LogP contribution in [-0.4, -0.2) is 60.1 Å². The van der Waals surface area contributed by atoms with Crippen molar-refractivity contribution in [3.8, 4) is 11.5 Å². The van der Waals surface area contributed by atoms with E-state index in [9.17, 15) is 9.59 Å². The number of rotatable bonds is 7. The highest BCUT2D eigenvalue weighted by atomic mass is 16.5. The molecule has 1 aromatic carbocycles. The largest absolute Gasteiger partial charge is 0.493 e. The first-order chi connectivity index (χ1) is 15.8. The summed E-state index contributed by atoms with van der Waals surface area (Å²) in [6.45, 7) is 6.60. The second-order valence-electron chi connectivity index (χ2n) is 7.18. The number of ether oxygens (including phenoxy) is 3. The SMILES string of the molecule is CCn1nc(C)c(CNC(=O)[C@H]2OCC(=O)N[C@@H]2c2ccc(OC)c(OC)c2)c1C.O=CO. The summed E-state index contributed by atoms with van der Waals surface area (Å²) in [7, 11) is 3.08. The second-order valence-corrected chi connectivity index (χ2v) is 7.18. The molecule has 1 fully saturated rings. The molecule has 2 aromatic rings. The lowest BCUT2D eigenvalue weighted by Gasteiger charge is -2.32. The molecule has 0 spiro atoms. The summed E-state index contributed by atoms with van der Waals surface area (Å²) in [6, 6.07) is 4.60. The predicted octanol–water partition coefficient (Wildman–Crippen LogP) is 1.11. The molecule has 1 aliphatic heterocycles. The lowest BCUT2D eigenvalue weighted by atomic mass is 9.98. The number of carbonyl (C=O) groups is 3. The van der Waals surface area contributed by atoms with Gasteiger partial charge in [-0.3, -0.25) is 19.1 Å². The minimum atomic E-state index is -0.873. The molecule has 1 aromatic heterocycles. The minimum absolute atomic E-state index is 0.173. The number of carbonyl (C=O) groups excluding carboxylic acids is 2. The fraction of sp³-hybridized carbons (Fsp3) is 0.455. The molecule has 3 rings (SSSR count). The van der Waals surface area contributed by atoms with Crippen LogP contribution >= 0.6 is 0 Å². The highest BCUT2D eigenvalue weighted by Gasteiger charge is 2.36. The van der Waals surface area contributed by atoms with Crippen LogP contribution in [0.5, 0.6) is 11.5 Å². The van der Waals surface area contributed by atoms with Gasteiger partial charge in [-0.1, -0.05) is 6.07 Å². The van der Waals surface area contributed by atoms with Crippen LogP contribution < -0.4 is 20.1 Å². The molecule has 0 bridgehead atoms. The molecule has 0 unspecified atom stereocenters. The molecular weight excluding hydrogens is 432 g/mol. The predicted molar refractivity (Wildman–Crippen MR) is 118 cm³/mol. The van der Waals surface area contributed by atoms with Crippen molar-refractivity contribution < 1.29 is 33.7 Å². The molecule has 0 aliphatic carbocycles. The number of amides is 2. The molecule has 180 valence electrons. The molecule has 1 aliphatic rings. The Hall–Kier alpha value is -3.60. The van der Waals surface area contributed by atoms with Gasteiger partial charge in [0.05, 0.1) is 26.0 Å². The highest BCUT2D eigenvalue weighted by molar-refractivity contribution is 5.86. The Bertz CT molecular complexity index is 989. The van der Waals surface area contributed by atoms with Crippen LogP contribution in [-0.2, 0) is 32.2 Å². The van der Waals surface area contributed by atoms with Crippen molar-refractivity contribution in [3.63, 3.8) is 0 Å². The van der Waals surface area contributed by atoms with Crippen LogP contribution in [0.2, 0.25) is 0 Å². The molecule has 1 saturated heterocycles. The van der Waals surface area contributed by atoms with E-state index in [4.69, 9.17) is 24.1 Å². The van der Waals surface area contributed by atoms with Crippen molar-refractivity contribution in [2.45, 2.75) is 46.0 Å². The molecular formula is C22H30N4O7. The Morgan fingerprint density at radius 3 is 2.58 bits per heavy atom. The fourth-order valence-corrected chi connectivity index (χ4v) is 3.66. The number of carboxylic acid groups (broad SMARTS) is 1. The van der Waals surface area contributed by atoms with E-state index in [2.05, 4.69) is 15.7 Å². The Balaban J connectivity index is 0.00000122. The van der Waals surface area contributed by atoms with Crippen molar-refractivity contribution in [1.29, 1.82) is 0 Å². The number of nitrogens with one attached hydrogen (secondary N) is 2. The number of aryl methyl sites for hydroxylation is 2. The second kappa shape index (κ2) is 11.9. The van der Waals surface area contributed by atoms with E-state index >= 15 is 0 Å². The smallest absolute Gasteiger partial charge is 0.290 e. The summed E-state index contributed by atoms with van der Waals surface area (Å²) in [6.07, 6.45) is -0.873. The zero-order valence-corrected chi connectivity index (χ0v) is 19.4. The first-order valence-corrected chi connectivity index (χ1v) is 10.3. The van der Waals surface area contributed by atoms with Gasteiger partial charge in [0.25, 0.3) is 12.4 Å². The number of nitrogens with zero attached hydrogens (tertiary/aromatic N) is 2. The highest BCUT2D eigenvalue weighted by Crippen LogP contribution is 2.32. The first-order valence-electron chi connectivity index (χ1n) is 10.3. The zero-order chi connectivity index (χ0) is 24.5. The van der Waals surface area contributed by atoms with E-state index in [-0.39, 0.29) is 24.9 Å². The maximum absolute atomic E-state index is 13.0. The van der Waals surface area contributed by atoms with Crippen LogP contribution in [0.25, 0.3) is 0 Å². The van der Waals surface area contributed by atoms with E-state index in [1.54, 1.807) is 25.3 Å². The van der Waals surface area contributed by atoms with Gasteiger partial charge in [-0.15, -0.1) is 0 Å². The van der Waals surface area contributed by atoms with Crippen molar-refractivity contribution in [1.82, 2.24) is 20.4 Å². The third-order valence-electron chi connectivity index (χ3n) is 5.31. The zero-order valence-electron chi connectivity index (χ0n) is 19.4. The number of hydrogen-bond acceptors (Lipinski definition) is 7. The third-order valence-corrected chi connectivity index (χ3v) is 5.31. The van der Waals surface area contributed by atoms with E-state index in [0.717, 1.165) is 23.5 Å². The van der Waals surface area contributed by atoms with Crippen molar-refractivity contribution in [3.05, 3.63) is 40.7 Å². The van der Waals surface area contributed by atoms with Gasteiger partial charge in [0, 0.05) is 24.3 Å². The summed E-state index contributed by atoms with van der Waals surface area (Å²) in [5.41, 5.74) is 3.56. The number of methoxy groups -OCH3 is 2. The van der Waals surface area contributed by atoms with Gasteiger partial charge in [-0.25, -0.2) is 0 Å². The van der Waals surface area contributed by atoms with Crippen molar-refractivity contribution in [2.75, 3.05) is 20.8 Å². The molecule has 0 saturated carbocycles. The first kappa shape index (κ1) is 25.7. The summed E-state index contributed by atoms with van der Waals surface area (Å²) in [5, 5.41) is 17.1. The summed E-state index contributed by atoms with van der Waals surface area (Å²) in [4.78, 5) is 33.3. The van der Waals surface area contributed by atoms with Crippen molar-refractivity contribution in [2.24, 2.45) is 0 Å². The van der Waals surface area contributed by atoms with Gasteiger partial charge in [0.15, 0.2) is 17.6 Å². The molecule has 33 heavy (non-hydrogen) atoms. The van der Waals surface area contributed by atoms with E-state index in [1.165, 1.54) is 7.11 Å². The van der Waals surface area contributed by atoms with Crippen LogP contribution in [0.4, 0.5) is 0 Å². The number of morpholine rings is 1. The summed E-state index contributed by atoms with van der Waals surface area (Å²) < 4.78 is 18.1. The van der Waals surface area contributed by atoms with Gasteiger partial charge >= 0.3 is 0 Å². The molecule has 2 heterocycles. The van der Waals surface area contributed by atoms with Gasteiger partial charge in [-0.2, -0.15) is 5.10 Å². The lowest BCUT2D eigenvalue weighted by molar-refractivity contribution is -0.148. The standard InChI is InChI=1S/C21H28N4O5.CH2O2/c1-6-25-13(3)15(12(2)24-25)10-22-21(27)20-19(23-18(26)11-30-20)14-7-8-16(28-4)17(9-14)29-5;2-1-3/h7-9,19-20H,6,10-11H2,1-5H3,(H,22,27)(H,23,26);1H,(H,2,3)/t19-,20+;/m1./s1. The number of hydrogen-bond donors (Lipinski definition) is 3. The molecule has 11 heteroatoms. The van der Waals surface area contributed by atoms with Gasteiger partial charge in [0.1, 0.15) is 6.61 Å². The van der Waals surface area contributed by atoms with Crippen LogP contribution in [0.1, 0.15) is 35.5 Å². The Labute approximate surface area is 192 Å². The van der Waals surface area contributed by atoms with Crippen LogP contribution in [0.3, 0.4) is 0 Å². The molecule has 2 atom stereocenters. The molecule has 2 amide bonds. The average molecular weight is 463 g/mol. The Morgan fingerprint density at radius 2 is 2.00 bits per heavy atom. The average Bonchev–Trinajstić information content (AvgIpc) is 3.09. The maximum Gasteiger partial charge on any atom is 0.290 e. The quantitative estimate of drug-likeness (QED) is 0.520. The van der Waals surface area contributed by atoms with Crippen LogP contribution in [0.15, 0.2) is 18.2 Å². The summed E-state index contributed by atoms with van der Waals surface area (Å²) in [5.74, 6) is 0.476. The minimum Gasteiger partial charge on any atom is -0.493 e. The molecule has 0 radical (unpaired) electrons. The van der Waals surface area contributed by atoms with E-state index in [1.807, 2.05) is 25.5 Å². The molecule has 3 N–H and O–H groups in total. The summed E-state index contributed by atoms with van der Waals surface area (Å²) >= 11 is 0. The van der Waals surface area contributed by atoms with Crippen LogP contribution in [0, 0.1) is 13.8 Å². The van der Waals surface area contributed by atoms with Gasteiger partial charge in [-0.05, 0) is 38.5 Å². The third kappa shape index (κ3) is 6.01.